The Bertz CT molecular complexity index is 534. The van der Waals surface area contributed by atoms with Crippen LogP contribution in [0, 0.1) is 18.3 Å². The number of nitrogens with zero attached hydrogens (tertiary/aromatic N) is 3. The summed E-state index contributed by atoms with van der Waals surface area (Å²) in [5, 5.41) is 9.51. The van der Waals surface area contributed by atoms with Gasteiger partial charge in [0.1, 0.15) is 11.6 Å². The first-order valence-corrected chi connectivity index (χ1v) is 6.30. The molecule has 1 aromatic heterocycles. The maximum Gasteiger partial charge on any atom is 0.187 e. The molecule has 1 heterocycles. The van der Waals surface area contributed by atoms with Crippen LogP contribution in [-0.4, -0.2) is 22.0 Å². The number of aromatic nitrogens is 2. The predicted octanol–water partition coefficient (Wildman–Crippen LogP) is 2.57. The van der Waals surface area contributed by atoms with Crippen molar-refractivity contribution in [2.75, 3.05) is 6.26 Å². The molecule has 0 atom stereocenters. The molecular weight excluding hydrogens is 258 g/mol. The molecule has 0 bridgehead atoms. The van der Waals surface area contributed by atoms with E-state index in [9.17, 15) is 4.79 Å². The predicted molar refractivity (Wildman–Crippen MR) is 67.6 cm³/mol. The van der Waals surface area contributed by atoms with Crippen molar-refractivity contribution in [3.63, 3.8) is 0 Å². The van der Waals surface area contributed by atoms with E-state index in [0.29, 0.717) is 10.9 Å². The van der Waals surface area contributed by atoms with Crippen molar-refractivity contribution in [3.05, 3.63) is 23.0 Å². The standard InChI is InChI=1S/C11H10ClN3OS/c1-6-5-14-11(17-3)15-10(6)9(12)8(4-13)7(2)16/h5H,1-3H3/b9-8+. The van der Waals surface area contributed by atoms with Crippen LogP contribution in [0.4, 0.5) is 0 Å². The zero-order chi connectivity index (χ0) is 13.0. The van der Waals surface area contributed by atoms with Crippen molar-refractivity contribution >= 4 is 34.2 Å². The number of Topliss-reactive ketones (excluding diaryl/α,β-unsaturated/α-hetero) is 1. The summed E-state index contributed by atoms with van der Waals surface area (Å²) < 4.78 is 0. The SMILES string of the molecule is CSc1ncc(C)c(/C(Cl)=C(/C#N)C(C)=O)n1. The first kappa shape index (κ1) is 13.7. The Labute approximate surface area is 109 Å². The molecule has 0 fully saturated rings. The molecule has 0 aliphatic rings. The lowest BCUT2D eigenvalue weighted by Crippen LogP contribution is -2.01. The van der Waals surface area contributed by atoms with Crippen LogP contribution in [0.25, 0.3) is 5.03 Å². The number of aryl methyl sites for hydroxylation is 1. The summed E-state index contributed by atoms with van der Waals surface area (Å²) in [5.41, 5.74) is 1.07. The van der Waals surface area contributed by atoms with Crippen molar-refractivity contribution < 1.29 is 4.79 Å². The number of hydrogen-bond donors (Lipinski definition) is 0. The molecule has 0 saturated heterocycles. The minimum absolute atomic E-state index is 0.0789. The Hall–Kier alpha value is -1.38. The van der Waals surface area contributed by atoms with Crippen LogP contribution in [0.5, 0.6) is 0 Å². The highest BCUT2D eigenvalue weighted by atomic mass is 35.5. The molecule has 0 amide bonds. The van der Waals surface area contributed by atoms with Crippen LogP contribution in [0.1, 0.15) is 18.2 Å². The van der Waals surface area contributed by atoms with Gasteiger partial charge in [0.2, 0.25) is 0 Å². The van der Waals surface area contributed by atoms with E-state index in [1.165, 1.54) is 18.7 Å². The van der Waals surface area contributed by atoms with Crippen molar-refractivity contribution in [1.82, 2.24) is 9.97 Å². The van der Waals surface area contributed by atoms with Crippen molar-refractivity contribution in [1.29, 1.82) is 5.26 Å². The van der Waals surface area contributed by atoms with Crippen LogP contribution in [0.15, 0.2) is 16.9 Å². The third-order valence-electron chi connectivity index (χ3n) is 2.02. The molecule has 6 heteroatoms. The summed E-state index contributed by atoms with van der Waals surface area (Å²) in [6, 6.07) is 1.80. The molecule has 0 aliphatic carbocycles. The minimum atomic E-state index is -0.374. The Kier molecular flexibility index (Phi) is 4.67. The van der Waals surface area contributed by atoms with Crippen LogP contribution in [0.2, 0.25) is 0 Å². The first-order chi connectivity index (χ1) is 8.01. The lowest BCUT2D eigenvalue weighted by molar-refractivity contribution is -0.113. The monoisotopic (exact) mass is 267 g/mol. The molecule has 4 nitrogen and oxygen atoms in total. The van der Waals surface area contributed by atoms with Gasteiger partial charge < -0.3 is 0 Å². The summed E-state index contributed by atoms with van der Waals surface area (Å²) in [7, 11) is 0. The zero-order valence-corrected chi connectivity index (χ0v) is 11.2. The van der Waals surface area contributed by atoms with Gasteiger partial charge in [0.05, 0.1) is 10.7 Å². The van der Waals surface area contributed by atoms with Crippen molar-refractivity contribution in [2.45, 2.75) is 19.0 Å². The lowest BCUT2D eigenvalue weighted by Gasteiger charge is -2.05. The summed E-state index contributed by atoms with van der Waals surface area (Å²) in [5.74, 6) is -0.374. The van der Waals surface area contributed by atoms with Crippen molar-refractivity contribution in [3.8, 4) is 6.07 Å². The molecule has 1 rings (SSSR count). The average molecular weight is 268 g/mol. The molecule has 0 spiro atoms. The van der Waals surface area contributed by atoms with Gasteiger partial charge in [0, 0.05) is 6.20 Å². The number of carbonyl (C=O) groups excluding carboxylic acids is 1. The summed E-state index contributed by atoms with van der Waals surface area (Å²) in [4.78, 5) is 19.5. The molecule has 0 radical (unpaired) electrons. The summed E-state index contributed by atoms with van der Waals surface area (Å²) in [6.45, 7) is 3.07. The maximum absolute atomic E-state index is 11.2. The number of ketones is 1. The number of nitriles is 1. The van der Waals surface area contributed by atoms with E-state index in [1.54, 1.807) is 19.2 Å². The van der Waals surface area contributed by atoms with E-state index in [0.717, 1.165) is 5.56 Å². The van der Waals surface area contributed by atoms with Gasteiger partial charge in [-0.15, -0.1) is 0 Å². The van der Waals surface area contributed by atoms with Crippen LogP contribution >= 0.6 is 23.4 Å². The first-order valence-electron chi connectivity index (χ1n) is 4.70. The third kappa shape index (κ3) is 3.05. The topological polar surface area (TPSA) is 66.6 Å². The molecule has 0 unspecified atom stereocenters. The highest BCUT2D eigenvalue weighted by Crippen LogP contribution is 2.25. The molecule has 0 aromatic carbocycles. The van der Waals surface area contributed by atoms with Gasteiger partial charge in [-0.1, -0.05) is 23.4 Å². The zero-order valence-electron chi connectivity index (χ0n) is 9.61. The quantitative estimate of drug-likeness (QED) is 0.364. The van der Waals surface area contributed by atoms with E-state index in [1.807, 2.05) is 6.26 Å². The van der Waals surface area contributed by atoms with Crippen LogP contribution < -0.4 is 0 Å². The second-order valence-electron chi connectivity index (χ2n) is 3.25. The number of allylic oxidation sites excluding steroid dienone is 1. The van der Waals surface area contributed by atoms with E-state index < -0.39 is 0 Å². The molecule has 0 saturated carbocycles. The van der Waals surface area contributed by atoms with Gasteiger partial charge in [-0.2, -0.15) is 5.26 Å². The van der Waals surface area contributed by atoms with Gasteiger partial charge in [0.15, 0.2) is 10.9 Å². The molecule has 17 heavy (non-hydrogen) atoms. The normalized spacial score (nSPS) is 11.7. The maximum atomic E-state index is 11.2. The highest BCUT2D eigenvalue weighted by Gasteiger charge is 2.15. The number of carbonyl (C=O) groups is 1. The van der Waals surface area contributed by atoms with Crippen molar-refractivity contribution in [2.24, 2.45) is 0 Å². The van der Waals surface area contributed by atoms with Gasteiger partial charge in [-0.05, 0) is 25.7 Å². The largest absolute Gasteiger partial charge is 0.294 e. The fourth-order valence-electron chi connectivity index (χ4n) is 1.15. The fraction of sp³-hybridized carbons (Fsp3) is 0.273. The number of thioether (sulfide) groups is 1. The van der Waals surface area contributed by atoms with E-state index in [4.69, 9.17) is 16.9 Å². The van der Waals surface area contributed by atoms with Gasteiger partial charge in [-0.3, -0.25) is 4.79 Å². The second-order valence-corrected chi connectivity index (χ2v) is 4.40. The summed E-state index contributed by atoms with van der Waals surface area (Å²) >= 11 is 7.40. The average Bonchev–Trinajstić information content (AvgIpc) is 2.30. The lowest BCUT2D eigenvalue weighted by atomic mass is 10.1. The molecular formula is C11H10ClN3OS. The smallest absolute Gasteiger partial charge is 0.187 e. The van der Waals surface area contributed by atoms with E-state index >= 15 is 0 Å². The number of hydrogen-bond acceptors (Lipinski definition) is 5. The van der Waals surface area contributed by atoms with Gasteiger partial charge >= 0.3 is 0 Å². The molecule has 0 N–H and O–H groups in total. The molecule has 88 valence electrons. The fourth-order valence-corrected chi connectivity index (χ4v) is 1.85. The van der Waals surface area contributed by atoms with Crippen LogP contribution in [-0.2, 0) is 4.79 Å². The third-order valence-corrected chi connectivity index (χ3v) is 2.95. The Morgan fingerprint density at radius 3 is 2.71 bits per heavy atom. The highest BCUT2D eigenvalue weighted by molar-refractivity contribution is 7.98. The molecule has 1 aromatic rings. The number of rotatable bonds is 3. The van der Waals surface area contributed by atoms with Gasteiger partial charge in [-0.25, -0.2) is 9.97 Å². The summed E-state index contributed by atoms with van der Waals surface area (Å²) in [6.07, 6.45) is 3.45. The Balaban J connectivity index is 3.43. The Morgan fingerprint density at radius 1 is 1.59 bits per heavy atom. The minimum Gasteiger partial charge on any atom is -0.294 e. The number of halogens is 1. The van der Waals surface area contributed by atoms with Gasteiger partial charge in [0.25, 0.3) is 0 Å². The van der Waals surface area contributed by atoms with E-state index in [-0.39, 0.29) is 16.4 Å². The Morgan fingerprint density at radius 2 is 2.24 bits per heavy atom. The van der Waals surface area contributed by atoms with Crippen LogP contribution in [0.3, 0.4) is 0 Å². The second kappa shape index (κ2) is 5.80. The van der Waals surface area contributed by atoms with E-state index in [2.05, 4.69) is 9.97 Å². The molecule has 0 aliphatic heterocycles.